The van der Waals surface area contributed by atoms with Gasteiger partial charge in [-0.25, -0.2) is 0 Å². The molecule has 5 aromatic rings. The van der Waals surface area contributed by atoms with Crippen molar-refractivity contribution >= 4 is 27.3 Å². The van der Waals surface area contributed by atoms with Gasteiger partial charge in [0, 0.05) is 31.7 Å². The van der Waals surface area contributed by atoms with Gasteiger partial charge in [-0.05, 0) is 65.1 Å². The van der Waals surface area contributed by atoms with Gasteiger partial charge in [0.1, 0.15) is 5.76 Å². The van der Waals surface area contributed by atoms with Crippen molar-refractivity contribution in [2.24, 2.45) is 10.8 Å². The number of ketones is 1. The molecule has 1 heterocycles. The number of hydrogen-bond acceptors (Lipinski definition) is 2. The first-order chi connectivity index (χ1) is 20.1. The average Bonchev–Trinajstić information content (AvgIpc) is 3.18. The smallest absolute Gasteiger partial charge is 0.325 e. The molecule has 1 aliphatic rings. The van der Waals surface area contributed by atoms with Crippen LogP contribution in [0.25, 0.3) is 43.9 Å². The van der Waals surface area contributed by atoms with Gasteiger partial charge in [0.25, 0.3) is 0 Å². The molecule has 4 heteroatoms. The molecule has 3 nitrogen and oxygen atoms in total. The minimum Gasteiger partial charge on any atom is -0.511 e. The third kappa shape index (κ3) is 6.16. The van der Waals surface area contributed by atoms with Crippen molar-refractivity contribution in [2.45, 2.75) is 67.7 Å². The second-order valence-corrected chi connectivity index (χ2v) is 14.2. The topological polar surface area (TPSA) is 54.5 Å². The van der Waals surface area contributed by atoms with Crippen LogP contribution >= 0.6 is 0 Å². The van der Waals surface area contributed by atoms with Crippen molar-refractivity contribution in [2.75, 3.05) is 0 Å². The van der Waals surface area contributed by atoms with Crippen LogP contribution in [0.4, 0.5) is 0 Å². The molecule has 0 spiro atoms. The van der Waals surface area contributed by atoms with Crippen molar-refractivity contribution in [1.29, 1.82) is 0 Å². The van der Waals surface area contributed by atoms with Gasteiger partial charge in [-0.1, -0.05) is 113 Å². The molecule has 1 aliphatic carbocycles. The third-order valence-electron chi connectivity index (χ3n) is 8.53. The van der Waals surface area contributed by atoms with Gasteiger partial charge in [0.05, 0.1) is 11.5 Å². The predicted molar refractivity (Wildman–Crippen MR) is 182 cm³/mol. The van der Waals surface area contributed by atoms with E-state index in [0.29, 0.717) is 0 Å². The number of carbonyl (C=O) groups excluding carboxylic acids is 1. The van der Waals surface area contributed by atoms with Gasteiger partial charge in [-0.2, -0.15) is 0 Å². The van der Waals surface area contributed by atoms with E-state index in [9.17, 15) is 9.90 Å². The van der Waals surface area contributed by atoms with Crippen LogP contribution in [-0.2, 0) is 25.5 Å². The zero-order valence-corrected chi connectivity index (χ0v) is 29.7. The van der Waals surface area contributed by atoms with Gasteiger partial charge in [-0.15, -0.1) is 28.8 Å². The molecule has 0 fully saturated rings. The summed E-state index contributed by atoms with van der Waals surface area (Å²) in [6, 6.07) is 29.9. The Kier molecular flexibility index (Phi) is 9.13. The van der Waals surface area contributed by atoms with E-state index in [1.165, 1.54) is 55.4 Å². The van der Waals surface area contributed by atoms with Crippen molar-refractivity contribution in [3.63, 3.8) is 0 Å². The number of aliphatic hydroxyl groups is 1. The van der Waals surface area contributed by atoms with Crippen LogP contribution in [-0.4, -0.2) is 20.7 Å². The predicted octanol–water partition coefficient (Wildman–Crippen LogP) is 10.5. The largest absolute Gasteiger partial charge is 0.511 e. The average molecular weight is 762 g/mol. The van der Waals surface area contributed by atoms with Gasteiger partial charge in [0.2, 0.25) is 0 Å². The minimum absolute atomic E-state index is 0. The molecule has 0 unspecified atom stereocenters. The maximum absolute atomic E-state index is 9.60. The third-order valence-corrected chi connectivity index (χ3v) is 8.53. The van der Waals surface area contributed by atoms with Gasteiger partial charge >= 0.3 is 5.78 Å². The molecule has 0 saturated heterocycles. The van der Waals surface area contributed by atoms with E-state index < -0.39 is 0 Å². The van der Waals surface area contributed by atoms with Crippen molar-refractivity contribution < 1.29 is 30.0 Å². The SMILES string of the molecule is CC(C)(C)C(=[OH+])C=C(O)C(C)(C)C.Cc1[c-]c(-c2nccc3c2ccc2ccccc23)cc2c1-c1ccccc1C2(C)C.[Ir]. The standard InChI is InChI=1S/C29H22N.C11H20O2.Ir/c1-18-16-20(17-26-27(18)24-10-6-7-11-25(24)29(26,2)3)28-23-13-12-19-8-4-5-9-21(19)22(23)14-15-30-28;1-10(2,3)8(12)7-9(13)11(4,5)6;/h4-15,17H,1-3H3;7,12H,1-6H3;/q-1;;/p+1. The Bertz CT molecular complexity index is 1900. The monoisotopic (exact) mass is 762 g/mol. The Morgan fingerprint density at radius 1 is 0.818 bits per heavy atom. The van der Waals surface area contributed by atoms with E-state index in [0.717, 1.165) is 11.3 Å². The van der Waals surface area contributed by atoms with Crippen LogP contribution in [0.5, 0.6) is 0 Å². The number of fused-ring (bicyclic) bond motifs is 6. The van der Waals surface area contributed by atoms with Crippen LogP contribution in [0.2, 0.25) is 0 Å². The summed E-state index contributed by atoms with van der Waals surface area (Å²) in [5, 5.41) is 14.5. The molecule has 229 valence electrons. The molecular formula is C40H43IrNO2. The summed E-state index contributed by atoms with van der Waals surface area (Å²) >= 11 is 0. The van der Waals surface area contributed by atoms with E-state index >= 15 is 0 Å². The number of hydrogen-bond donors (Lipinski definition) is 1. The molecule has 6 rings (SSSR count). The summed E-state index contributed by atoms with van der Waals surface area (Å²) in [5.74, 6) is 0.417. The van der Waals surface area contributed by atoms with E-state index in [2.05, 4.69) is 99.6 Å². The summed E-state index contributed by atoms with van der Waals surface area (Å²) in [6.45, 7) is 18.2. The van der Waals surface area contributed by atoms with Crippen LogP contribution in [0.15, 0.2) is 90.8 Å². The number of pyridine rings is 1. The van der Waals surface area contributed by atoms with Crippen LogP contribution in [0.1, 0.15) is 72.1 Å². The first-order valence-electron chi connectivity index (χ1n) is 15.0. The number of aromatic nitrogens is 1. The van der Waals surface area contributed by atoms with E-state index in [1.54, 1.807) is 0 Å². The molecule has 2 N–H and O–H groups in total. The Morgan fingerprint density at radius 2 is 1.48 bits per heavy atom. The number of benzene rings is 4. The van der Waals surface area contributed by atoms with E-state index in [1.807, 2.05) is 47.7 Å². The quantitative estimate of drug-likeness (QED) is 0.0640. The normalized spacial score (nSPS) is 13.9. The molecule has 44 heavy (non-hydrogen) atoms. The van der Waals surface area contributed by atoms with Gasteiger partial charge in [0.15, 0.2) is 0 Å². The van der Waals surface area contributed by atoms with Crippen LogP contribution < -0.4 is 0 Å². The fourth-order valence-electron chi connectivity index (χ4n) is 5.79. The Hall–Kier alpha value is -3.59. The maximum atomic E-state index is 9.60. The molecule has 1 aromatic heterocycles. The van der Waals surface area contributed by atoms with Gasteiger partial charge < -0.3 is 10.1 Å². The number of allylic oxidation sites excluding steroid dienone is 2. The minimum atomic E-state index is -0.306. The molecule has 4 aromatic carbocycles. The number of nitrogens with zero attached hydrogens (tertiary/aromatic N) is 1. The first-order valence-corrected chi connectivity index (χ1v) is 15.0. The Morgan fingerprint density at radius 3 is 2.16 bits per heavy atom. The zero-order valence-electron chi connectivity index (χ0n) is 27.3. The summed E-state index contributed by atoms with van der Waals surface area (Å²) in [7, 11) is 0. The molecule has 0 saturated carbocycles. The van der Waals surface area contributed by atoms with Crippen molar-refractivity contribution in [1.82, 2.24) is 4.98 Å². The van der Waals surface area contributed by atoms with Crippen LogP contribution in [0, 0.1) is 23.8 Å². The summed E-state index contributed by atoms with van der Waals surface area (Å²) in [4.78, 5) is 14.4. The van der Waals surface area contributed by atoms with Crippen LogP contribution in [0.3, 0.4) is 0 Å². The van der Waals surface area contributed by atoms with E-state index in [4.69, 9.17) is 4.98 Å². The van der Waals surface area contributed by atoms with Crippen molar-refractivity contribution in [3.05, 3.63) is 114 Å². The Balaban J connectivity index is 0.000000271. The molecule has 1 radical (unpaired) electrons. The number of aryl methyl sites for hydroxylation is 1. The summed E-state index contributed by atoms with van der Waals surface area (Å²) in [6.07, 6.45) is 3.38. The molecule has 0 bridgehead atoms. The zero-order chi connectivity index (χ0) is 31.3. The second-order valence-electron chi connectivity index (χ2n) is 14.2. The Labute approximate surface area is 275 Å². The molecule has 0 amide bonds. The molecule has 0 atom stereocenters. The maximum Gasteiger partial charge on any atom is 0.325 e. The number of rotatable bonds is 2. The fourth-order valence-corrected chi connectivity index (χ4v) is 5.79. The summed E-state index contributed by atoms with van der Waals surface area (Å²) in [5.41, 5.74) is 8.08. The van der Waals surface area contributed by atoms with E-state index in [-0.39, 0.29) is 47.9 Å². The summed E-state index contributed by atoms with van der Waals surface area (Å²) < 4.78 is 0. The van der Waals surface area contributed by atoms with Gasteiger partial charge in [-0.3, -0.25) is 4.79 Å². The molecule has 0 aliphatic heterocycles. The van der Waals surface area contributed by atoms with Crippen molar-refractivity contribution in [3.8, 4) is 22.4 Å². The fraction of sp³-hybridized carbons (Fsp3) is 0.300. The molecular weight excluding hydrogens is 719 g/mol. The first kappa shape index (κ1) is 33.3. The second kappa shape index (κ2) is 12.1. The number of aliphatic hydroxyl groups excluding tert-OH is 1.